The van der Waals surface area contributed by atoms with Crippen LogP contribution < -0.4 is 16.4 Å². The predicted molar refractivity (Wildman–Crippen MR) is 111 cm³/mol. The molecule has 2 aromatic carbocycles. The number of amides is 2. The summed E-state index contributed by atoms with van der Waals surface area (Å²) in [6.07, 6.45) is 1.81. The number of nitrogens with zero attached hydrogens (tertiary/aromatic N) is 3. The number of carbonyl (C=O) groups is 2. The van der Waals surface area contributed by atoms with Crippen LogP contribution in [0.25, 0.3) is 16.8 Å². The Hall–Kier alpha value is -4.20. The highest BCUT2D eigenvalue weighted by Gasteiger charge is 2.11. The fraction of sp³-hybridized carbons (Fsp3) is 0.0476. The second-order valence-corrected chi connectivity index (χ2v) is 6.45. The van der Waals surface area contributed by atoms with Crippen LogP contribution in [0.4, 0.5) is 17.3 Å². The van der Waals surface area contributed by atoms with E-state index in [2.05, 4.69) is 20.7 Å². The third kappa shape index (κ3) is 3.91. The molecule has 0 spiro atoms. The minimum Gasteiger partial charge on any atom is -0.366 e. The average molecular weight is 386 g/mol. The van der Waals surface area contributed by atoms with Gasteiger partial charge in [0.2, 0.25) is 17.8 Å². The number of carbonyl (C=O) groups excluding carboxylic acids is 2. The molecule has 0 aliphatic rings. The molecule has 4 aromatic rings. The standard InChI is InChI=1S/C21H18N6O2/c1-13(28)23-16-8-10-17(11-9-16)24-21-25-20-18(3-2-12-27(20)26-21)14-4-6-15(7-5-14)19(22)29/h2-12H,1H3,(H2,22,29)(H,23,28)(H,24,26). The number of hydrogen-bond acceptors (Lipinski definition) is 5. The monoisotopic (exact) mass is 386 g/mol. The van der Waals surface area contributed by atoms with Gasteiger partial charge in [-0.05, 0) is 54.1 Å². The number of benzene rings is 2. The molecule has 4 N–H and O–H groups in total. The first-order valence-corrected chi connectivity index (χ1v) is 8.90. The van der Waals surface area contributed by atoms with Crippen LogP contribution in [0.1, 0.15) is 17.3 Å². The smallest absolute Gasteiger partial charge is 0.248 e. The lowest BCUT2D eigenvalue weighted by molar-refractivity contribution is -0.114. The Kier molecular flexibility index (Phi) is 4.66. The highest BCUT2D eigenvalue weighted by molar-refractivity contribution is 5.93. The summed E-state index contributed by atoms with van der Waals surface area (Å²) in [6, 6.07) is 18.1. The maximum atomic E-state index is 11.3. The summed E-state index contributed by atoms with van der Waals surface area (Å²) in [6.45, 7) is 1.46. The number of pyridine rings is 1. The second-order valence-electron chi connectivity index (χ2n) is 6.45. The summed E-state index contributed by atoms with van der Waals surface area (Å²) in [5.41, 5.74) is 9.73. The van der Waals surface area contributed by atoms with Gasteiger partial charge in [0.05, 0.1) is 0 Å². The van der Waals surface area contributed by atoms with Gasteiger partial charge in [0.1, 0.15) is 0 Å². The van der Waals surface area contributed by atoms with Crippen molar-refractivity contribution in [3.05, 3.63) is 72.4 Å². The fourth-order valence-corrected chi connectivity index (χ4v) is 2.97. The van der Waals surface area contributed by atoms with Gasteiger partial charge in [-0.25, -0.2) is 4.52 Å². The number of hydrogen-bond donors (Lipinski definition) is 3. The van der Waals surface area contributed by atoms with Gasteiger partial charge in [-0.2, -0.15) is 4.98 Å². The van der Waals surface area contributed by atoms with Crippen LogP contribution in [0, 0.1) is 0 Å². The van der Waals surface area contributed by atoms with E-state index in [9.17, 15) is 9.59 Å². The number of nitrogens with one attached hydrogen (secondary N) is 2. The normalized spacial score (nSPS) is 10.7. The van der Waals surface area contributed by atoms with Crippen LogP contribution in [-0.4, -0.2) is 26.4 Å². The van der Waals surface area contributed by atoms with E-state index in [0.717, 1.165) is 16.8 Å². The molecule has 8 nitrogen and oxygen atoms in total. The Bertz CT molecular complexity index is 1200. The van der Waals surface area contributed by atoms with Gasteiger partial charge in [0.25, 0.3) is 0 Å². The van der Waals surface area contributed by atoms with Crippen LogP contribution in [0.15, 0.2) is 66.9 Å². The number of fused-ring (bicyclic) bond motifs is 1. The molecule has 8 heteroatoms. The molecule has 2 aromatic heterocycles. The van der Waals surface area contributed by atoms with E-state index < -0.39 is 5.91 Å². The van der Waals surface area contributed by atoms with Crippen molar-refractivity contribution < 1.29 is 9.59 Å². The summed E-state index contributed by atoms with van der Waals surface area (Å²) in [7, 11) is 0. The lowest BCUT2D eigenvalue weighted by Crippen LogP contribution is -2.10. The largest absolute Gasteiger partial charge is 0.366 e. The van der Waals surface area contributed by atoms with Gasteiger partial charge in [-0.1, -0.05) is 12.1 Å². The van der Waals surface area contributed by atoms with Crippen molar-refractivity contribution in [2.24, 2.45) is 5.73 Å². The number of anilines is 3. The Balaban J connectivity index is 1.62. The Morgan fingerprint density at radius 2 is 1.66 bits per heavy atom. The van der Waals surface area contributed by atoms with Gasteiger partial charge in [-0.3, -0.25) is 9.59 Å². The first-order chi connectivity index (χ1) is 14.0. The highest BCUT2D eigenvalue weighted by Crippen LogP contribution is 2.25. The molecule has 0 aliphatic heterocycles. The molecule has 0 saturated heterocycles. The quantitative estimate of drug-likeness (QED) is 0.487. The van der Waals surface area contributed by atoms with Gasteiger partial charge in [0.15, 0.2) is 5.65 Å². The average Bonchev–Trinajstić information content (AvgIpc) is 3.11. The lowest BCUT2D eigenvalue weighted by atomic mass is 10.0. The first kappa shape index (κ1) is 18.2. The SMILES string of the molecule is CC(=O)Nc1ccc(Nc2nc3c(-c4ccc(C(N)=O)cc4)cccn3n2)cc1. The minimum absolute atomic E-state index is 0.121. The summed E-state index contributed by atoms with van der Waals surface area (Å²) >= 11 is 0. The maximum Gasteiger partial charge on any atom is 0.248 e. The number of rotatable bonds is 5. The Morgan fingerprint density at radius 1 is 0.966 bits per heavy atom. The predicted octanol–water partition coefficient (Wildman–Crippen LogP) is 3.20. The molecular formula is C21H18N6O2. The molecule has 0 saturated carbocycles. The molecule has 2 heterocycles. The minimum atomic E-state index is -0.465. The van der Waals surface area contributed by atoms with E-state index in [4.69, 9.17) is 5.73 Å². The summed E-state index contributed by atoms with van der Waals surface area (Å²) in [5, 5.41) is 10.3. The van der Waals surface area contributed by atoms with Crippen LogP contribution in [-0.2, 0) is 4.79 Å². The number of aromatic nitrogens is 3. The Morgan fingerprint density at radius 3 is 2.31 bits per heavy atom. The van der Waals surface area contributed by atoms with Crippen molar-refractivity contribution in [1.29, 1.82) is 0 Å². The fourth-order valence-electron chi connectivity index (χ4n) is 2.97. The van der Waals surface area contributed by atoms with Gasteiger partial charge in [0, 0.05) is 35.6 Å². The van der Waals surface area contributed by atoms with E-state index in [1.54, 1.807) is 28.8 Å². The topological polar surface area (TPSA) is 114 Å². The maximum absolute atomic E-state index is 11.3. The zero-order chi connectivity index (χ0) is 20.4. The molecule has 0 aliphatic carbocycles. The van der Waals surface area contributed by atoms with Crippen molar-refractivity contribution in [2.45, 2.75) is 6.92 Å². The number of primary amides is 1. The molecule has 0 radical (unpaired) electrons. The van der Waals surface area contributed by atoms with Crippen molar-refractivity contribution in [1.82, 2.24) is 14.6 Å². The second kappa shape index (κ2) is 7.43. The highest BCUT2D eigenvalue weighted by atomic mass is 16.1. The zero-order valence-corrected chi connectivity index (χ0v) is 15.6. The summed E-state index contributed by atoms with van der Waals surface area (Å²) in [5.74, 6) is -0.143. The van der Waals surface area contributed by atoms with E-state index in [1.165, 1.54) is 6.92 Å². The van der Waals surface area contributed by atoms with Gasteiger partial charge >= 0.3 is 0 Å². The van der Waals surface area contributed by atoms with Crippen molar-refractivity contribution >= 4 is 34.8 Å². The van der Waals surface area contributed by atoms with Crippen LogP contribution in [0.5, 0.6) is 0 Å². The van der Waals surface area contributed by atoms with Crippen molar-refractivity contribution in [3.8, 4) is 11.1 Å². The third-order valence-corrected chi connectivity index (χ3v) is 4.30. The molecule has 0 unspecified atom stereocenters. The van der Waals surface area contributed by atoms with E-state index in [1.807, 2.05) is 42.6 Å². The van der Waals surface area contributed by atoms with E-state index in [-0.39, 0.29) is 5.91 Å². The third-order valence-electron chi connectivity index (χ3n) is 4.30. The van der Waals surface area contributed by atoms with Crippen LogP contribution >= 0.6 is 0 Å². The first-order valence-electron chi connectivity index (χ1n) is 8.90. The molecule has 0 fully saturated rings. The Labute approximate surface area is 166 Å². The van der Waals surface area contributed by atoms with E-state index in [0.29, 0.717) is 22.8 Å². The molecule has 4 rings (SSSR count). The zero-order valence-electron chi connectivity index (χ0n) is 15.6. The van der Waals surface area contributed by atoms with Crippen LogP contribution in [0.3, 0.4) is 0 Å². The van der Waals surface area contributed by atoms with E-state index >= 15 is 0 Å². The molecule has 0 bridgehead atoms. The van der Waals surface area contributed by atoms with Crippen molar-refractivity contribution in [3.63, 3.8) is 0 Å². The summed E-state index contributed by atoms with van der Waals surface area (Å²) < 4.78 is 1.69. The number of nitrogens with two attached hydrogens (primary N) is 1. The molecule has 29 heavy (non-hydrogen) atoms. The summed E-state index contributed by atoms with van der Waals surface area (Å²) in [4.78, 5) is 27.0. The van der Waals surface area contributed by atoms with Gasteiger partial charge < -0.3 is 16.4 Å². The molecular weight excluding hydrogens is 368 g/mol. The molecule has 2 amide bonds. The molecule has 0 atom stereocenters. The lowest BCUT2D eigenvalue weighted by Gasteiger charge is -2.04. The molecule has 144 valence electrons. The van der Waals surface area contributed by atoms with Gasteiger partial charge in [-0.15, -0.1) is 5.10 Å². The van der Waals surface area contributed by atoms with Crippen LogP contribution in [0.2, 0.25) is 0 Å². The van der Waals surface area contributed by atoms with Crippen molar-refractivity contribution in [2.75, 3.05) is 10.6 Å².